The van der Waals surface area contributed by atoms with Gasteiger partial charge < -0.3 is 9.53 Å². The lowest BCUT2D eigenvalue weighted by atomic mass is 9.86. The van der Waals surface area contributed by atoms with Gasteiger partial charge in [0.1, 0.15) is 6.29 Å². The van der Waals surface area contributed by atoms with Crippen molar-refractivity contribution in [3.8, 4) is 0 Å². The molecule has 0 spiro atoms. The third-order valence-electron chi connectivity index (χ3n) is 5.58. The average Bonchev–Trinajstić information content (AvgIpc) is 3.13. The standard InChI is InChI=1S/C22H24N2O7S/c1-3-31-21(26)12-17-13-23(32(29,30)19-9-7-15(2)8-10-19)22(20(17)14-25)16-5-4-6-18(11-16)24(27)28/h4-11,14,17,20,22H,3,12-13H2,1-2H3/t17-,20+,22-/m1/s1. The molecule has 9 nitrogen and oxygen atoms in total. The van der Waals surface area contributed by atoms with E-state index < -0.39 is 38.8 Å². The molecule has 0 saturated carbocycles. The van der Waals surface area contributed by atoms with Crippen LogP contribution in [0.3, 0.4) is 0 Å². The molecule has 2 aromatic carbocycles. The minimum absolute atomic E-state index is 0.0416. The van der Waals surface area contributed by atoms with Crippen LogP contribution >= 0.6 is 0 Å². The number of carbonyl (C=O) groups is 2. The Bertz CT molecular complexity index is 1120. The van der Waals surface area contributed by atoms with E-state index in [9.17, 15) is 28.1 Å². The summed E-state index contributed by atoms with van der Waals surface area (Å²) in [6.07, 6.45) is 0.487. The second-order valence-corrected chi connectivity index (χ2v) is 9.56. The van der Waals surface area contributed by atoms with E-state index in [0.717, 1.165) is 5.56 Å². The SMILES string of the molecule is CCOC(=O)C[C@@H]1CN(S(=O)(=O)c2ccc(C)cc2)[C@H](c2cccc([N+](=O)[O-])c2)[C@H]1C=O. The number of nitro benzene ring substituents is 1. The molecule has 0 unspecified atom stereocenters. The number of esters is 1. The molecule has 0 radical (unpaired) electrons. The van der Waals surface area contributed by atoms with Crippen molar-refractivity contribution in [2.75, 3.05) is 13.2 Å². The largest absolute Gasteiger partial charge is 0.466 e. The molecule has 0 N–H and O–H groups in total. The molecule has 1 aliphatic heterocycles. The highest BCUT2D eigenvalue weighted by atomic mass is 32.2. The maximum Gasteiger partial charge on any atom is 0.306 e. The first kappa shape index (κ1) is 23.6. The van der Waals surface area contributed by atoms with Gasteiger partial charge in [0.05, 0.1) is 28.9 Å². The molecule has 2 aromatic rings. The highest BCUT2D eigenvalue weighted by Crippen LogP contribution is 2.45. The molecule has 1 aliphatic rings. The van der Waals surface area contributed by atoms with Crippen LogP contribution < -0.4 is 0 Å². The van der Waals surface area contributed by atoms with Gasteiger partial charge in [0.15, 0.2) is 0 Å². The molecule has 32 heavy (non-hydrogen) atoms. The fraction of sp³-hybridized carbons (Fsp3) is 0.364. The predicted molar refractivity (Wildman–Crippen MR) is 115 cm³/mol. The van der Waals surface area contributed by atoms with E-state index in [1.165, 1.54) is 34.6 Å². The summed E-state index contributed by atoms with van der Waals surface area (Å²) in [5.74, 6) is -2.03. The van der Waals surface area contributed by atoms with Crippen molar-refractivity contribution in [2.24, 2.45) is 11.8 Å². The van der Waals surface area contributed by atoms with Crippen LogP contribution in [-0.4, -0.2) is 43.1 Å². The normalized spacial score (nSPS) is 21.2. The molecule has 3 rings (SSSR count). The molecule has 0 amide bonds. The number of nitrogens with zero attached hydrogens (tertiary/aromatic N) is 2. The Morgan fingerprint density at radius 2 is 1.94 bits per heavy atom. The molecule has 0 aliphatic carbocycles. The van der Waals surface area contributed by atoms with Gasteiger partial charge in [-0.25, -0.2) is 8.42 Å². The van der Waals surface area contributed by atoms with Crippen molar-refractivity contribution in [1.29, 1.82) is 0 Å². The number of aryl methyl sites for hydroxylation is 1. The van der Waals surface area contributed by atoms with Crippen LogP contribution in [0.4, 0.5) is 5.69 Å². The van der Waals surface area contributed by atoms with Crippen LogP contribution in [0.1, 0.15) is 30.5 Å². The van der Waals surface area contributed by atoms with Crippen LogP contribution in [0.15, 0.2) is 53.4 Å². The fourth-order valence-electron chi connectivity index (χ4n) is 4.04. The Balaban J connectivity index is 2.10. The Morgan fingerprint density at radius 1 is 1.25 bits per heavy atom. The smallest absolute Gasteiger partial charge is 0.306 e. The molecule has 170 valence electrons. The quantitative estimate of drug-likeness (QED) is 0.257. The van der Waals surface area contributed by atoms with E-state index in [1.807, 2.05) is 6.92 Å². The molecule has 1 heterocycles. The lowest BCUT2D eigenvalue weighted by Gasteiger charge is -2.26. The zero-order valence-electron chi connectivity index (χ0n) is 17.7. The first-order valence-corrected chi connectivity index (χ1v) is 11.6. The number of hydrogen-bond donors (Lipinski definition) is 0. The summed E-state index contributed by atoms with van der Waals surface area (Å²) < 4.78 is 33.2. The van der Waals surface area contributed by atoms with Gasteiger partial charge in [-0.05, 0) is 37.5 Å². The lowest BCUT2D eigenvalue weighted by molar-refractivity contribution is -0.385. The average molecular weight is 461 g/mol. The molecule has 0 bridgehead atoms. The number of non-ortho nitro benzene ring substituents is 1. The zero-order chi connectivity index (χ0) is 23.5. The number of hydrogen-bond acceptors (Lipinski definition) is 7. The lowest BCUT2D eigenvalue weighted by Crippen LogP contribution is -2.32. The third-order valence-corrected chi connectivity index (χ3v) is 7.44. The van der Waals surface area contributed by atoms with Crippen LogP contribution in [-0.2, 0) is 24.3 Å². The van der Waals surface area contributed by atoms with Gasteiger partial charge in [0, 0.05) is 24.6 Å². The van der Waals surface area contributed by atoms with Crippen LogP contribution in [0, 0.1) is 28.9 Å². The van der Waals surface area contributed by atoms with Gasteiger partial charge in [-0.15, -0.1) is 0 Å². The zero-order valence-corrected chi connectivity index (χ0v) is 18.5. The summed E-state index contributed by atoms with van der Waals surface area (Å²) in [5, 5.41) is 11.3. The van der Waals surface area contributed by atoms with E-state index in [0.29, 0.717) is 11.8 Å². The number of nitro groups is 1. The topological polar surface area (TPSA) is 124 Å². The minimum Gasteiger partial charge on any atom is -0.466 e. The summed E-state index contributed by atoms with van der Waals surface area (Å²) in [5.41, 5.74) is 0.985. The molecule has 0 aromatic heterocycles. The van der Waals surface area contributed by atoms with Crippen molar-refractivity contribution < 1.29 is 27.7 Å². The predicted octanol–water partition coefficient (Wildman–Crippen LogP) is 3.03. The van der Waals surface area contributed by atoms with Crippen molar-refractivity contribution >= 4 is 28.0 Å². The molecule has 3 atom stereocenters. The summed E-state index contributed by atoms with van der Waals surface area (Å²) in [6.45, 7) is 3.56. The number of benzene rings is 2. The van der Waals surface area contributed by atoms with E-state index >= 15 is 0 Å². The van der Waals surface area contributed by atoms with Gasteiger partial charge in [-0.2, -0.15) is 4.31 Å². The van der Waals surface area contributed by atoms with Crippen LogP contribution in [0.5, 0.6) is 0 Å². The van der Waals surface area contributed by atoms with Crippen LogP contribution in [0.25, 0.3) is 0 Å². The second-order valence-electron chi connectivity index (χ2n) is 7.67. The Hall–Kier alpha value is -3.11. The van der Waals surface area contributed by atoms with Crippen molar-refractivity contribution in [3.63, 3.8) is 0 Å². The van der Waals surface area contributed by atoms with E-state index in [1.54, 1.807) is 25.1 Å². The minimum atomic E-state index is -4.06. The molecular weight excluding hydrogens is 436 g/mol. The van der Waals surface area contributed by atoms with Crippen molar-refractivity contribution in [1.82, 2.24) is 4.31 Å². The number of rotatable bonds is 8. The Labute approximate surface area is 186 Å². The number of sulfonamides is 1. The van der Waals surface area contributed by atoms with Gasteiger partial charge in [0.25, 0.3) is 5.69 Å². The van der Waals surface area contributed by atoms with Gasteiger partial charge in [0.2, 0.25) is 10.0 Å². The van der Waals surface area contributed by atoms with Crippen LogP contribution in [0.2, 0.25) is 0 Å². The second kappa shape index (κ2) is 9.58. The maximum absolute atomic E-state index is 13.5. The molecule has 1 saturated heterocycles. The maximum atomic E-state index is 13.5. The van der Waals surface area contributed by atoms with Crippen molar-refractivity contribution in [2.45, 2.75) is 31.2 Å². The summed E-state index contributed by atoms with van der Waals surface area (Å²) in [7, 11) is -4.06. The Morgan fingerprint density at radius 3 is 2.53 bits per heavy atom. The highest BCUT2D eigenvalue weighted by molar-refractivity contribution is 7.89. The van der Waals surface area contributed by atoms with Crippen molar-refractivity contribution in [3.05, 3.63) is 69.8 Å². The number of carbonyl (C=O) groups excluding carboxylic acids is 2. The first-order chi connectivity index (χ1) is 15.2. The van der Waals surface area contributed by atoms with Gasteiger partial charge >= 0.3 is 5.97 Å². The van der Waals surface area contributed by atoms with E-state index in [2.05, 4.69) is 0 Å². The fourth-order valence-corrected chi connectivity index (χ4v) is 5.74. The number of aldehydes is 1. The van der Waals surface area contributed by atoms with Gasteiger partial charge in [-0.1, -0.05) is 29.8 Å². The number of ether oxygens (including phenoxy) is 1. The highest BCUT2D eigenvalue weighted by Gasteiger charge is 2.49. The summed E-state index contributed by atoms with van der Waals surface area (Å²) >= 11 is 0. The van der Waals surface area contributed by atoms with Gasteiger partial charge in [-0.3, -0.25) is 14.9 Å². The van der Waals surface area contributed by atoms with E-state index in [4.69, 9.17) is 4.74 Å². The van der Waals surface area contributed by atoms with E-state index in [-0.39, 0.29) is 30.2 Å². The first-order valence-electron chi connectivity index (χ1n) is 10.1. The monoisotopic (exact) mass is 460 g/mol. The molecular formula is C22H24N2O7S. The summed E-state index contributed by atoms with van der Waals surface area (Å²) in [6, 6.07) is 10.9. The molecule has 10 heteroatoms. The third kappa shape index (κ3) is 4.71. The molecule has 1 fully saturated rings. The Kier molecular flexibility index (Phi) is 7.05. The summed E-state index contributed by atoms with van der Waals surface area (Å²) in [4.78, 5) is 35.0.